The van der Waals surface area contributed by atoms with E-state index in [1.54, 1.807) is 0 Å². The lowest BCUT2D eigenvalue weighted by molar-refractivity contribution is 0.572. The molecule has 0 spiro atoms. The molecule has 0 unspecified atom stereocenters. The maximum absolute atomic E-state index is 13.0. The van der Waals surface area contributed by atoms with Crippen LogP contribution in [-0.2, 0) is 0 Å². The molecule has 2 rings (SSSR count). The molecule has 0 radical (unpaired) electrons. The van der Waals surface area contributed by atoms with E-state index in [0.717, 1.165) is 12.5 Å². The van der Waals surface area contributed by atoms with E-state index in [9.17, 15) is 8.78 Å². The molecular formula is C9H9F2N. The summed E-state index contributed by atoms with van der Waals surface area (Å²) in [5.74, 6) is -0.913. The first-order chi connectivity index (χ1) is 5.68. The molecule has 1 nitrogen and oxygen atoms in total. The fourth-order valence-corrected chi connectivity index (χ4v) is 1.37. The summed E-state index contributed by atoms with van der Waals surface area (Å²) in [5, 5.41) is 0. The summed E-state index contributed by atoms with van der Waals surface area (Å²) in [6, 6.07) is 3.71. The van der Waals surface area contributed by atoms with Crippen molar-refractivity contribution >= 4 is 0 Å². The molecule has 0 bridgehead atoms. The average Bonchev–Trinajstić information content (AvgIpc) is 2.66. The average molecular weight is 169 g/mol. The summed E-state index contributed by atoms with van der Waals surface area (Å²) >= 11 is 0. The molecule has 1 saturated carbocycles. The lowest BCUT2D eigenvalue weighted by atomic mass is 10.1. The van der Waals surface area contributed by atoms with E-state index in [4.69, 9.17) is 5.73 Å². The Balaban J connectivity index is 2.33. The predicted molar refractivity (Wildman–Crippen MR) is 41.7 cm³/mol. The van der Waals surface area contributed by atoms with E-state index in [1.807, 2.05) is 0 Å². The molecule has 1 aliphatic rings. The highest BCUT2D eigenvalue weighted by atomic mass is 19.1. The highest BCUT2D eigenvalue weighted by Crippen LogP contribution is 2.40. The van der Waals surface area contributed by atoms with Gasteiger partial charge in [0.05, 0.1) is 0 Å². The second kappa shape index (κ2) is 2.52. The quantitative estimate of drug-likeness (QED) is 0.681. The van der Waals surface area contributed by atoms with Crippen LogP contribution < -0.4 is 5.73 Å². The third-order valence-corrected chi connectivity index (χ3v) is 2.20. The number of hydrogen-bond donors (Lipinski definition) is 1. The number of halogens is 2. The molecule has 2 N–H and O–H groups in total. The molecule has 1 aromatic rings. The number of benzene rings is 1. The van der Waals surface area contributed by atoms with E-state index in [2.05, 4.69) is 0 Å². The van der Waals surface area contributed by atoms with E-state index in [0.29, 0.717) is 5.56 Å². The molecule has 0 amide bonds. The minimum Gasteiger partial charge on any atom is -0.327 e. The van der Waals surface area contributed by atoms with Crippen molar-refractivity contribution in [3.05, 3.63) is 35.4 Å². The molecule has 0 aromatic heterocycles. The lowest BCUT2D eigenvalue weighted by Gasteiger charge is -1.99. The minimum atomic E-state index is -0.537. The van der Waals surface area contributed by atoms with Gasteiger partial charge in [-0.3, -0.25) is 0 Å². The van der Waals surface area contributed by atoms with Gasteiger partial charge >= 0.3 is 0 Å². The molecule has 0 heterocycles. The summed E-state index contributed by atoms with van der Waals surface area (Å²) in [6.07, 6.45) is 0.808. The summed E-state index contributed by atoms with van der Waals surface area (Å²) in [6.45, 7) is 0. The molecule has 12 heavy (non-hydrogen) atoms. The van der Waals surface area contributed by atoms with Gasteiger partial charge < -0.3 is 5.73 Å². The van der Waals surface area contributed by atoms with Gasteiger partial charge in [-0.25, -0.2) is 8.78 Å². The van der Waals surface area contributed by atoms with Gasteiger partial charge in [0.1, 0.15) is 11.6 Å². The Kier molecular flexibility index (Phi) is 1.61. The Labute approximate surface area is 69.2 Å². The predicted octanol–water partition coefficient (Wildman–Crippen LogP) is 1.78. The van der Waals surface area contributed by atoms with Crippen molar-refractivity contribution in [3.8, 4) is 0 Å². The van der Waals surface area contributed by atoms with Crippen LogP contribution in [0.15, 0.2) is 18.2 Å². The van der Waals surface area contributed by atoms with Crippen molar-refractivity contribution in [2.75, 3.05) is 0 Å². The van der Waals surface area contributed by atoms with Gasteiger partial charge in [0.15, 0.2) is 0 Å². The molecule has 2 atom stereocenters. The Hall–Kier alpha value is -0.960. The van der Waals surface area contributed by atoms with Crippen LogP contribution in [0, 0.1) is 11.6 Å². The van der Waals surface area contributed by atoms with Gasteiger partial charge in [-0.15, -0.1) is 0 Å². The summed E-state index contributed by atoms with van der Waals surface area (Å²) in [4.78, 5) is 0. The zero-order valence-electron chi connectivity index (χ0n) is 6.43. The fourth-order valence-electron chi connectivity index (χ4n) is 1.37. The second-order valence-corrected chi connectivity index (χ2v) is 3.17. The largest absolute Gasteiger partial charge is 0.327 e. The van der Waals surface area contributed by atoms with Crippen LogP contribution in [0.5, 0.6) is 0 Å². The molecule has 1 aliphatic carbocycles. The third-order valence-electron chi connectivity index (χ3n) is 2.20. The lowest BCUT2D eigenvalue weighted by Crippen LogP contribution is -2.02. The summed E-state index contributed by atoms with van der Waals surface area (Å²) in [5.41, 5.74) is 6.09. The van der Waals surface area contributed by atoms with E-state index < -0.39 is 11.6 Å². The topological polar surface area (TPSA) is 26.0 Å². The maximum atomic E-state index is 13.0. The zero-order chi connectivity index (χ0) is 8.72. The Morgan fingerprint density at radius 2 is 2.00 bits per heavy atom. The first-order valence-corrected chi connectivity index (χ1v) is 3.89. The SMILES string of the molecule is N[C@H]1C[C@@H]1c1ccc(F)cc1F. The van der Waals surface area contributed by atoms with E-state index in [-0.39, 0.29) is 12.0 Å². The van der Waals surface area contributed by atoms with Crippen molar-refractivity contribution in [3.63, 3.8) is 0 Å². The van der Waals surface area contributed by atoms with Crippen molar-refractivity contribution in [1.29, 1.82) is 0 Å². The smallest absolute Gasteiger partial charge is 0.129 e. The normalized spacial score (nSPS) is 27.2. The Morgan fingerprint density at radius 3 is 2.50 bits per heavy atom. The van der Waals surface area contributed by atoms with Crippen LogP contribution >= 0.6 is 0 Å². The van der Waals surface area contributed by atoms with Crippen molar-refractivity contribution in [1.82, 2.24) is 0 Å². The van der Waals surface area contributed by atoms with Crippen molar-refractivity contribution in [2.45, 2.75) is 18.4 Å². The van der Waals surface area contributed by atoms with Crippen LogP contribution in [0.3, 0.4) is 0 Å². The molecule has 3 heteroatoms. The zero-order valence-corrected chi connectivity index (χ0v) is 6.43. The first kappa shape index (κ1) is 7.68. The molecule has 64 valence electrons. The van der Waals surface area contributed by atoms with Gasteiger partial charge in [-0.1, -0.05) is 6.07 Å². The van der Waals surface area contributed by atoms with Crippen LogP contribution in [0.25, 0.3) is 0 Å². The molecular weight excluding hydrogens is 160 g/mol. The van der Waals surface area contributed by atoms with E-state index in [1.165, 1.54) is 12.1 Å². The number of rotatable bonds is 1. The van der Waals surface area contributed by atoms with E-state index >= 15 is 0 Å². The van der Waals surface area contributed by atoms with Crippen LogP contribution in [0.1, 0.15) is 17.9 Å². The summed E-state index contributed by atoms with van der Waals surface area (Å²) in [7, 11) is 0. The Morgan fingerprint density at radius 1 is 1.33 bits per heavy atom. The van der Waals surface area contributed by atoms with Crippen molar-refractivity contribution in [2.24, 2.45) is 5.73 Å². The molecule has 1 fully saturated rings. The van der Waals surface area contributed by atoms with Gasteiger partial charge in [-0.05, 0) is 18.1 Å². The van der Waals surface area contributed by atoms with Gasteiger partial charge in [0.25, 0.3) is 0 Å². The highest BCUT2D eigenvalue weighted by molar-refractivity contribution is 5.29. The van der Waals surface area contributed by atoms with Crippen LogP contribution in [0.4, 0.5) is 8.78 Å². The maximum Gasteiger partial charge on any atom is 0.129 e. The summed E-state index contributed by atoms with van der Waals surface area (Å²) < 4.78 is 25.5. The van der Waals surface area contributed by atoms with Gasteiger partial charge in [-0.2, -0.15) is 0 Å². The highest BCUT2D eigenvalue weighted by Gasteiger charge is 2.36. The third kappa shape index (κ3) is 1.20. The Bertz CT molecular complexity index is 311. The molecule has 0 aliphatic heterocycles. The first-order valence-electron chi connectivity index (χ1n) is 3.89. The fraction of sp³-hybridized carbons (Fsp3) is 0.333. The standard InChI is InChI=1S/C9H9F2N/c10-5-1-2-6(8(11)3-5)7-4-9(7)12/h1-3,7,9H,4,12H2/t7-,9+/m1/s1. The number of hydrogen-bond acceptors (Lipinski definition) is 1. The molecule has 1 aromatic carbocycles. The van der Waals surface area contributed by atoms with Gasteiger partial charge in [0, 0.05) is 18.0 Å². The van der Waals surface area contributed by atoms with Crippen molar-refractivity contribution < 1.29 is 8.78 Å². The second-order valence-electron chi connectivity index (χ2n) is 3.17. The number of nitrogens with two attached hydrogens (primary N) is 1. The minimum absolute atomic E-state index is 0.0601. The van der Waals surface area contributed by atoms with Crippen LogP contribution in [-0.4, -0.2) is 6.04 Å². The van der Waals surface area contributed by atoms with Gasteiger partial charge in [0.2, 0.25) is 0 Å². The monoisotopic (exact) mass is 169 g/mol. The molecule has 0 saturated heterocycles. The van der Waals surface area contributed by atoms with Crippen LogP contribution in [0.2, 0.25) is 0 Å².